The van der Waals surface area contributed by atoms with E-state index < -0.39 is 0 Å². The summed E-state index contributed by atoms with van der Waals surface area (Å²) in [4.78, 5) is 15.9. The summed E-state index contributed by atoms with van der Waals surface area (Å²) in [7, 11) is 0. The quantitative estimate of drug-likeness (QED) is 0.729. The van der Waals surface area contributed by atoms with Crippen molar-refractivity contribution >= 4 is 5.91 Å². The number of furan rings is 1. The number of hydrogen-bond donors (Lipinski definition) is 1. The third-order valence-corrected chi connectivity index (χ3v) is 3.17. The maximum Gasteiger partial charge on any atom is 0.248 e. The second-order valence-electron chi connectivity index (χ2n) is 4.58. The summed E-state index contributed by atoms with van der Waals surface area (Å²) in [5.41, 5.74) is 5.31. The van der Waals surface area contributed by atoms with Crippen molar-refractivity contribution in [2.24, 2.45) is 5.73 Å². The molecule has 0 aliphatic carbocycles. The third-order valence-electron chi connectivity index (χ3n) is 3.17. The zero-order chi connectivity index (χ0) is 13.5. The normalized spacial score (nSPS) is 16.8. The van der Waals surface area contributed by atoms with Crippen molar-refractivity contribution in [1.29, 1.82) is 0 Å². The lowest BCUT2D eigenvalue weighted by atomic mass is 10.3. The van der Waals surface area contributed by atoms with E-state index in [0.717, 1.165) is 38.5 Å². The van der Waals surface area contributed by atoms with Crippen LogP contribution in [0.2, 0.25) is 0 Å². The Morgan fingerprint density at radius 3 is 2.79 bits per heavy atom. The monoisotopic (exact) mass is 267 g/mol. The number of rotatable bonds is 6. The number of amides is 1. The van der Waals surface area contributed by atoms with E-state index in [1.165, 1.54) is 0 Å². The summed E-state index contributed by atoms with van der Waals surface area (Å²) in [6.07, 6.45) is 1.68. The smallest absolute Gasteiger partial charge is 0.248 e. The number of ether oxygens (including phenoxy) is 1. The summed E-state index contributed by atoms with van der Waals surface area (Å²) < 4.78 is 10.5. The molecule has 0 aromatic carbocycles. The molecule has 2 rings (SSSR count). The molecule has 6 heteroatoms. The second-order valence-corrected chi connectivity index (χ2v) is 4.58. The molecule has 0 radical (unpaired) electrons. The Hall–Kier alpha value is -1.37. The average molecular weight is 267 g/mol. The number of piperazine rings is 1. The first kappa shape index (κ1) is 14.0. The van der Waals surface area contributed by atoms with Crippen molar-refractivity contribution in [2.75, 3.05) is 45.9 Å². The van der Waals surface area contributed by atoms with Gasteiger partial charge in [-0.25, -0.2) is 0 Å². The van der Waals surface area contributed by atoms with E-state index in [2.05, 4.69) is 4.90 Å². The minimum Gasteiger partial charge on any atom is -0.468 e. The zero-order valence-corrected chi connectivity index (χ0v) is 11.1. The molecule has 1 aliphatic heterocycles. The summed E-state index contributed by atoms with van der Waals surface area (Å²) in [5.74, 6) is 1.01. The lowest BCUT2D eigenvalue weighted by molar-refractivity contribution is -0.137. The van der Waals surface area contributed by atoms with Gasteiger partial charge in [-0.05, 0) is 12.1 Å². The molecule has 1 aromatic rings. The topological polar surface area (TPSA) is 71.9 Å². The van der Waals surface area contributed by atoms with Gasteiger partial charge in [-0.15, -0.1) is 0 Å². The maximum absolute atomic E-state index is 11.8. The van der Waals surface area contributed by atoms with Crippen LogP contribution in [0.15, 0.2) is 22.8 Å². The van der Waals surface area contributed by atoms with E-state index in [-0.39, 0.29) is 12.5 Å². The van der Waals surface area contributed by atoms with Gasteiger partial charge in [-0.1, -0.05) is 0 Å². The zero-order valence-electron chi connectivity index (χ0n) is 11.1. The molecule has 1 saturated heterocycles. The van der Waals surface area contributed by atoms with Crippen molar-refractivity contribution in [1.82, 2.24) is 9.80 Å². The van der Waals surface area contributed by atoms with Crippen LogP contribution in [0.3, 0.4) is 0 Å². The molecular formula is C13H21N3O3. The summed E-state index contributed by atoms with van der Waals surface area (Å²) in [6, 6.07) is 3.86. The summed E-state index contributed by atoms with van der Waals surface area (Å²) in [6.45, 7) is 5.03. The molecule has 0 bridgehead atoms. The summed E-state index contributed by atoms with van der Waals surface area (Å²) in [5, 5.41) is 0. The Bertz CT molecular complexity index is 372. The van der Waals surface area contributed by atoms with Crippen molar-refractivity contribution in [3.8, 4) is 0 Å². The molecule has 0 saturated carbocycles. The van der Waals surface area contributed by atoms with E-state index in [9.17, 15) is 4.79 Å². The van der Waals surface area contributed by atoms with E-state index >= 15 is 0 Å². The van der Waals surface area contributed by atoms with Gasteiger partial charge < -0.3 is 19.8 Å². The van der Waals surface area contributed by atoms with Crippen LogP contribution in [0.4, 0.5) is 0 Å². The predicted octanol–water partition coefficient (Wildman–Crippen LogP) is -0.101. The molecule has 0 atom stereocenters. The largest absolute Gasteiger partial charge is 0.468 e. The Kier molecular flexibility index (Phi) is 5.38. The van der Waals surface area contributed by atoms with Gasteiger partial charge in [-0.2, -0.15) is 0 Å². The van der Waals surface area contributed by atoms with Gasteiger partial charge in [0.25, 0.3) is 0 Å². The van der Waals surface area contributed by atoms with Gasteiger partial charge in [0.05, 0.1) is 19.4 Å². The Labute approximate surface area is 113 Å². The highest BCUT2D eigenvalue weighted by Gasteiger charge is 2.21. The van der Waals surface area contributed by atoms with E-state index in [1.54, 1.807) is 6.26 Å². The second kappa shape index (κ2) is 7.28. The standard InChI is InChI=1S/C13H21N3O3/c14-3-9-18-11-13(17)16-6-4-15(5-7-16)10-12-2-1-8-19-12/h1-2,8H,3-7,9-11,14H2. The third kappa shape index (κ3) is 4.34. The molecule has 1 aromatic heterocycles. The minimum absolute atomic E-state index is 0.0473. The SMILES string of the molecule is NCCOCC(=O)N1CCN(Cc2ccco2)CC1. The molecule has 106 valence electrons. The van der Waals surface area contributed by atoms with Gasteiger partial charge in [0.1, 0.15) is 12.4 Å². The van der Waals surface area contributed by atoms with Crippen LogP contribution in [-0.4, -0.2) is 61.6 Å². The molecule has 1 aliphatic rings. The fraction of sp³-hybridized carbons (Fsp3) is 0.615. The predicted molar refractivity (Wildman–Crippen MR) is 70.4 cm³/mol. The van der Waals surface area contributed by atoms with Crippen LogP contribution < -0.4 is 5.73 Å². The van der Waals surface area contributed by atoms with Crippen LogP contribution >= 0.6 is 0 Å². The molecule has 2 N–H and O–H groups in total. The van der Waals surface area contributed by atoms with Gasteiger partial charge in [-0.3, -0.25) is 9.69 Å². The first-order valence-electron chi connectivity index (χ1n) is 6.60. The number of nitrogens with zero attached hydrogens (tertiary/aromatic N) is 2. The highest BCUT2D eigenvalue weighted by molar-refractivity contribution is 5.77. The Balaban J connectivity index is 1.68. The van der Waals surface area contributed by atoms with Gasteiger partial charge in [0, 0.05) is 32.7 Å². The molecule has 1 fully saturated rings. The summed E-state index contributed by atoms with van der Waals surface area (Å²) >= 11 is 0. The van der Waals surface area contributed by atoms with E-state index in [1.807, 2.05) is 17.0 Å². The Morgan fingerprint density at radius 1 is 1.37 bits per heavy atom. The van der Waals surface area contributed by atoms with Gasteiger partial charge in [0.2, 0.25) is 5.91 Å². The van der Waals surface area contributed by atoms with E-state index in [0.29, 0.717) is 13.2 Å². The van der Waals surface area contributed by atoms with Crippen LogP contribution in [0.1, 0.15) is 5.76 Å². The van der Waals surface area contributed by atoms with E-state index in [4.69, 9.17) is 14.9 Å². The van der Waals surface area contributed by atoms with Crippen LogP contribution in [-0.2, 0) is 16.1 Å². The molecular weight excluding hydrogens is 246 g/mol. The van der Waals surface area contributed by atoms with Crippen molar-refractivity contribution < 1.29 is 13.9 Å². The van der Waals surface area contributed by atoms with Crippen molar-refractivity contribution in [2.45, 2.75) is 6.54 Å². The first-order chi connectivity index (χ1) is 9.29. The molecule has 19 heavy (non-hydrogen) atoms. The highest BCUT2D eigenvalue weighted by Crippen LogP contribution is 2.09. The number of nitrogens with two attached hydrogens (primary N) is 1. The maximum atomic E-state index is 11.8. The Morgan fingerprint density at radius 2 is 2.16 bits per heavy atom. The highest BCUT2D eigenvalue weighted by atomic mass is 16.5. The fourth-order valence-electron chi connectivity index (χ4n) is 2.11. The number of carbonyl (C=O) groups is 1. The van der Waals surface area contributed by atoms with Crippen molar-refractivity contribution in [3.05, 3.63) is 24.2 Å². The lowest BCUT2D eigenvalue weighted by Gasteiger charge is -2.34. The van der Waals surface area contributed by atoms with Crippen molar-refractivity contribution in [3.63, 3.8) is 0 Å². The first-order valence-corrected chi connectivity index (χ1v) is 6.60. The number of carbonyl (C=O) groups excluding carboxylic acids is 1. The lowest BCUT2D eigenvalue weighted by Crippen LogP contribution is -2.49. The van der Waals surface area contributed by atoms with Crippen LogP contribution in [0, 0.1) is 0 Å². The fourth-order valence-corrected chi connectivity index (χ4v) is 2.11. The molecule has 0 unspecified atom stereocenters. The molecule has 0 spiro atoms. The molecule has 2 heterocycles. The number of hydrogen-bond acceptors (Lipinski definition) is 5. The molecule has 1 amide bonds. The average Bonchev–Trinajstić information content (AvgIpc) is 2.93. The molecule has 6 nitrogen and oxygen atoms in total. The minimum atomic E-state index is 0.0473. The van der Waals surface area contributed by atoms with Crippen LogP contribution in [0.25, 0.3) is 0 Å². The van der Waals surface area contributed by atoms with Gasteiger partial charge >= 0.3 is 0 Å². The van der Waals surface area contributed by atoms with Crippen LogP contribution in [0.5, 0.6) is 0 Å². The van der Waals surface area contributed by atoms with Gasteiger partial charge in [0.15, 0.2) is 0 Å².